The molecule has 0 saturated carbocycles. The van der Waals surface area contributed by atoms with Crippen molar-refractivity contribution in [2.75, 3.05) is 29.5 Å². The Morgan fingerprint density at radius 2 is 1.71 bits per heavy atom. The maximum Gasteiger partial charge on any atom is 0.251 e. The highest BCUT2D eigenvalue weighted by molar-refractivity contribution is 7.92. The van der Waals surface area contributed by atoms with Crippen LogP contribution in [0.15, 0.2) is 83.9 Å². The van der Waals surface area contributed by atoms with Crippen molar-refractivity contribution >= 4 is 50.6 Å². The van der Waals surface area contributed by atoms with Gasteiger partial charge in [-0.1, -0.05) is 30.3 Å². The van der Waals surface area contributed by atoms with Crippen LogP contribution in [0, 0.1) is 0 Å². The summed E-state index contributed by atoms with van der Waals surface area (Å²) in [5.74, 6) is -0.966. The molecule has 0 fully saturated rings. The van der Waals surface area contributed by atoms with E-state index in [0.717, 1.165) is 21.7 Å². The van der Waals surface area contributed by atoms with Crippen LogP contribution in [0.2, 0.25) is 0 Å². The zero-order valence-corrected chi connectivity index (χ0v) is 26.7. The molecule has 0 unspecified atom stereocenters. The lowest BCUT2D eigenvalue weighted by atomic mass is 10.0. The third kappa shape index (κ3) is 9.93. The fourth-order valence-corrected chi connectivity index (χ4v) is 5.44. The zero-order chi connectivity index (χ0) is 32.4. The quantitative estimate of drug-likeness (QED) is 0.162. The second kappa shape index (κ2) is 15.4. The third-order valence-electron chi connectivity index (χ3n) is 6.87. The van der Waals surface area contributed by atoms with Gasteiger partial charge in [-0.15, -0.1) is 0 Å². The molecule has 2 atom stereocenters. The maximum atomic E-state index is 13.7. The predicted octanol–water partition coefficient (Wildman–Crippen LogP) is 2.82. The molecule has 0 bridgehead atoms. The van der Waals surface area contributed by atoms with Gasteiger partial charge in [0, 0.05) is 49.7 Å². The molecule has 0 aliphatic rings. The first kappa shape index (κ1) is 33.2. The molecule has 3 amide bonds. The zero-order valence-electron chi connectivity index (χ0n) is 25.1. The van der Waals surface area contributed by atoms with Gasteiger partial charge in [-0.3, -0.25) is 23.7 Å². The molecule has 0 aliphatic heterocycles. The van der Waals surface area contributed by atoms with Crippen LogP contribution in [0.5, 0.6) is 0 Å². The molecule has 45 heavy (non-hydrogen) atoms. The smallest absolute Gasteiger partial charge is 0.251 e. The Kier molecular flexibility index (Phi) is 11.4. The molecular weight excluding hydrogens is 615 g/mol. The normalized spacial score (nSPS) is 12.5. The Bertz CT molecular complexity index is 1700. The number of hydrogen-bond donors (Lipinski definition) is 4. The molecule has 2 heterocycles. The van der Waals surface area contributed by atoms with Crippen LogP contribution >= 0.6 is 11.3 Å². The molecule has 12 nitrogen and oxygen atoms in total. The Morgan fingerprint density at radius 1 is 0.978 bits per heavy atom. The van der Waals surface area contributed by atoms with Crippen molar-refractivity contribution in [1.29, 1.82) is 0 Å². The van der Waals surface area contributed by atoms with Crippen molar-refractivity contribution in [3.63, 3.8) is 0 Å². The van der Waals surface area contributed by atoms with Gasteiger partial charge in [-0.25, -0.2) is 13.4 Å². The number of amides is 3. The average Bonchev–Trinajstić information content (AvgIpc) is 3.55. The number of sulfonamides is 1. The highest BCUT2D eigenvalue weighted by atomic mass is 32.2. The largest absolute Gasteiger partial charge is 0.348 e. The molecule has 4 rings (SSSR count). The van der Waals surface area contributed by atoms with E-state index >= 15 is 0 Å². The van der Waals surface area contributed by atoms with Crippen LogP contribution in [0.1, 0.15) is 38.8 Å². The van der Waals surface area contributed by atoms with Gasteiger partial charge in [0.25, 0.3) is 11.8 Å². The number of aromatic nitrogens is 2. The van der Waals surface area contributed by atoms with Gasteiger partial charge in [-0.2, -0.15) is 11.3 Å². The van der Waals surface area contributed by atoms with Crippen molar-refractivity contribution in [1.82, 2.24) is 25.9 Å². The number of hydrogen-bond acceptors (Lipinski definition) is 9. The van der Waals surface area contributed by atoms with E-state index < -0.39 is 33.9 Å². The van der Waals surface area contributed by atoms with E-state index in [1.54, 1.807) is 6.92 Å². The third-order valence-corrected chi connectivity index (χ3v) is 8.81. The molecule has 4 N–H and O–H groups in total. The second-order valence-electron chi connectivity index (χ2n) is 10.4. The van der Waals surface area contributed by atoms with Gasteiger partial charge in [0.15, 0.2) is 5.82 Å². The van der Waals surface area contributed by atoms with E-state index in [-0.39, 0.29) is 35.8 Å². The first-order valence-corrected chi connectivity index (χ1v) is 16.8. The Balaban J connectivity index is 1.52. The monoisotopic (exact) mass is 649 g/mol. The highest BCUT2D eigenvalue weighted by Gasteiger charge is 2.22. The molecular formula is C31H35N7O5S2. The van der Waals surface area contributed by atoms with E-state index in [9.17, 15) is 22.8 Å². The van der Waals surface area contributed by atoms with E-state index in [2.05, 4.69) is 31.2 Å². The molecule has 236 valence electrons. The molecule has 0 spiro atoms. The van der Waals surface area contributed by atoms with Crippen molar-refractivity contribution in [3.8, 4) is 0 Å². The Hall–Kier alpha value is -4.66. The number of nitrogens with zero attached hydrogens (tertiary/aromatic N) is 3. The number of thiophene rings is 1. The highest BCUT2D eigenvalue weighted by Crippen LogP contribution is 2.21. The summed E-state index contributed by atoms with van der Waals surface area (Å²) in [6.07, 6.45) is 5.92. The van der Waals surface area contributed by atoms with Gasteiger partial charge < -0.3 is 21.3 Å². The van der Waals surface area contributed by atoms with E-state index in [1.807, 2.05) is 47.2 Å². The molecule has 14 heteroatoms. The minimum Gasteiger partial charge on any atom is -0.348 e. The Morgan fingerprint density at radius 3 is 2.36 bits per heavy atom. The van der Waals surface area contributed by atoms with Gasteiger partial charge in [-0.05, 0) is 59.5 Å². The van der Waals surface area contributed by atoms with Crippen LogP contribution in [-0.2, 0) is 27.8 Å². The summed E-state index contributed by atoms with van der Waals surface area (Å²) in [5, 5.41) is 15.6. The summed E-state index contributed by atoms with van der Waals surface area (Å²) in [6.45, 7) is 2.19. The predicted molar refractivity (Wildman–Crippen MR) is 175 cm³/mol. The lowest BCUT2D eigenvalue weighted by Crippen LogP contribution is -2.48. The topological polar surface area (TPSA) is 162 Å². The summed E-state index contributed by atoms with van der Waals surface area (Å²) in [6, 6.07) is 14.5. The Labute approximate surface area is 266 Å². The number of anilines is 2. The van der Waals surface area contributed by atoms with Crippen LogP contribution < -0.4 is 25.6 Å². The molecule has 4 aromatic rings. The summed E-state index contributed by atoms with van der Waals surface area (Å²) < 4.78 is 25.7. The molecule has 2 aromatic carbocycles. The number of rotatable bonds is 14. The van der Waals surface area contributed by atoms with Gasteiger partial charge >= 0.3 is 0 Å². The van der Waals surface area contributed by atoms with Gasteiger partial charge in [0.2, 0.25) is 15.9 Å². The van der Waals surface area contributed by atoms with Gasteiger partial charge in [0.1, 0.15) is 0 Å². The summed E-state index contributed by atoms with van der Waals surface area (Å²) in [5.41, 5.74) is 2.28. The minimum atomic E-state index is -3.69. The number of benzene rings is 2. The minimum absolute atomic E-state index is 0.108. The number of carbonyl (C=O) groups is 3. The first-order valence-electron chi connectivity index (χ1n) is 14.0. The van der Waals surface area contributed by atoms with E-state index in [1.165, 1.54) is 55.2 Å². The lowest BCUT2D eigenvalue weighted by molar-refractivity contribution is -0.117. The SMILES string of the molecule is C[C@H](NC[C@H](Cc1ccsc1)NC(=O)c1cc(C(=O)NCc2ccccc2)cc(N(C)S(C)(=O)=O)c1)C(=O)Nc1cnccn1. The summed E-state index contributed by atoms with van der Waals surface area (Å²) >= 11 is 1.53. The van der Waals surface area contributed by atoms with Crippen LogP contribution in [-0.4, -0.2) is 68.0 Å². The fourth-order valence-electron chi connectivity index (χ4n) is 4.27. The standard InChI is InChI=1S/C31H35N7O5S2/c1-21(29(39)37-28-19-32-10-11-33-28)34-18-26(13-23-9-12-44-20-23)36-31(41)25-14-24(15-27(16-25)38(2)45(3,42)43)30(40)35-17-22-7-5-4-6-8-22/h4-12,14-16,19-21,26,34H,13,17-18H2,1-3H3,(H,35,40)(H,36,41)(H,33,37,39)/t21-,26-/m0/s1. The van der Waals surface area contributed by atoms with E-state index in [4.69, 9.17) is 0 Å². The molecule has 2 aromatic heterocycles. The number of carbonyl (C=O) groups excluding carboxylic acids is 3. The van der Waals surface area contributed by atoms with Crippen LogP contribution in [0.3, 0.4) is 0 Å². The van der Waals surface area contributed by atoms with Crippen LogP contribution in [0.4, 0.5) is 11.5 Å². The summed E-state index contributed by atoms with van der Waals surface area (Å²) in [4.78, 5) is 47.5. The van der Waals surface area contributed by atoms with Gasteiger partial charge in [0.05, 0.1) is 24.2 Å². The average molecular weight is 650 g/mol. The fraction of sp³-hybridized carbons (Fsp3) is 0.258. The van der Waals surface area contributed by atoms with Crippen molar-refractivity contribution < 1.29 is 22.8 Å². The number of nitrogens with one attached hydrogen (secondary N) is 4. The maximum absolute atomic E-state index is 13.7. The molecule has 0 radical (unpaired) electrons. The van der Waals surface area contributed by atoms with E-state index in [0.29, 0.717) is 12.2 Å². The first-order chi connectivity index (χ1) is 21.5. The molecule has 0 aliphatic carbocycles. The van der Waals surface area contributed by atoms with Crippen LogP contribution in [0.25, 0.3) is 0 Å². The second-order valence-corrected chi connectivity index (χ2v) is 13.2. The molecule has 0 saturated heterocycles. The summed E-state index contributed by atoms with van der Waals surface area (Å²) in [7, 11) is -2.33. The van der Waals surface area contributed by atoms with Crippen molar-refractivity contribution in [3.05, 3.63) is 106 Å². The van der Waals surface area contributed by atoms with Crippen molar-refractivity contribution in [2.24, 2.45) is 0 Å². The lowest BCUT2D eigenvalue weighted by Gasteiger charge is -2.23. The van der Waals surface area contributed by atoms with Crippen molar-refractivity contribution in [2.45, 2.75) is 32.0 Å².